The van der Waals surface area contributed by atoms with E-state index in [1.165, 1.54) is 0 Å². The van der Waals surface area contributed by atoms with Gasteiger partial charge >= 0.3 is 0 Å². The maximum absolute atomic E-state index is 11.3. The van der Waals surface area contributed by atoms with Crippen LogP contribution in [-0.2, 0) is 16.7 Å². The maximum atomic E-state index is 11.3. The van der Waals surface area contributed by atoms with E-state index < -0.39 is 11.0 Å². The number of aliphatic hydroxyl groups is 1. The normalized spacial score (nSPS) is 12.6. The van der Waals surface area contributed by atoms with Crippen LogP contribution in [0.5, 0.6) is 0 Å². The fourth-order valence-corrected chi connectivity index (χ4v) is 1.89. The zero-order valence-corrected chi connectivity index (χ0v) is 8.59. The van der Waals surface area contributed by atoms with Crippen molar-refractivity contribution in [2.24, 2.45) is 0 Å². The van der Waals surface area contributed by atoms with E-state index in [0.29, 0.717) is 18.0 Å². The Labute approximate surface area is 85.7 Å². The number of benzene rings is 1. The van der Waals surface area contributed by atoms with Crippen LogP contribution in [0, 0.1) is 0 Å². The van der Waals surface area contributed by atoms with Crippen molar-refractivity contribution < 1.29 is 9.32 Å². The molecule has 0 amide bonds. The van der Waals surface area contributed by atoms with Gasteiger partial charge in [-0.3, -0.25) is 0 Å². The fraction of sp³-hybridized carbons (Fsp3) is 0.333. The summed E-state index contributed by atoms with van der Waals surface area (Å²) in [5.41, 5.74) is 7.17. The van der Waals surface area contributed by atoms with Crippen molar-refractivity contribution in [1.29, 1.82) is 0 Å². The summed E-state index contributed by atoms with van der Waals surface area (Å²) >= 11 is 0. The number of nitrogens with one attached hydrogen (secondary N) is 1. The summed E-state index contributed by atoms with van der Waals surface area (Å²) in [5.74, 6) is 0.431. The van der Waals surface area contributed by atoms with Gasteiger partial charge in [-0.2, -0.15) is 0 Å². The molecule has 4 N–H and O–H groups in total. The Bertz CT molecular complexity index is 300. The van der Waals surface area contributed by atoms with E-state index in [2.05, 4.69) is 4.72 Å². The van der Waals surface area contributed by atoms with Crippen LogP contribution in [0.2, 0.25) is 0 Å². The average Bonchev–Trinajstić information content (AvgIpc) is 2.18. The minimum atomic E-state index is -1.13. The van der Waals surface area contributed by atoms with Crippen molar-refractivity contribution in [2.75, 3.05) is 18.9 Å². The van der Waals surface area contributed by atoms with E-state index in [9.17, 15) is 4.21 Å². The first-order valence-corrected chi connectivity index (χ1v) is 5.61. The van der Waals surface area contributed by atoms with Crippen molar-refractivity contribution in [3.05, 3.63) is 29.8 Å². The quantitative estimate of drug-likeness (QED) is 0.605. The molecule has 1 rings (SSSR count). The largest absolute Gasteiger partial charge is 0.399 e. The topological polar surface area (TPSA) is 75.4 Å². The molecule has 0 heterocycles. The second-order valence-corrected chi connectivity index (χ2v) is 4.12. The van der Waals surface area contributed by atoms with Crippen molar-refractivity contribution in [2.45, 2.75) is 5.75 Å². The molecular weight excluding hydrogens is 200 g/mol. The Morgan fingerprint density at radius 1 is 1.36 bits per heavy atom. The fourth-order valence-electron chi connectivity index (χ4n) is 0.976. The molecule has 5 heteroatoms. The zero-order valence-electron chi connectivity index (χ0n) is 7.77. The second kappa shape index (κ2) is 5.74. The minimum absolute atomic E-state index is 0.00647. The Morgan fingerprint density at radius 3 is 2.57 bits per heavy atom. The Morgan fingerprint density at radius 2 is 2.00 bits per heavy atom. The lowest BCUT2D eigenvalue weighted by atomic mass is 10.2. The summed E-state index contributed by atoms with van der Waals surface area (Å²) < 4.78 is 14.0. The molecule has 0 bridgehead atoms. The predicted octanol–water partition coefficient (Wildman–Crippen LogP) is 0.0144. The molecule has 0 aliphatic rings. The molecule has 14 heavy (non-hydrogen) atoms. The molecule has 1 aromatic carbocycles. The highest BCUT2D eigenvalue weighted by atomic mass is 32.2. The number of anilines is 1. The van der Waals surface area contributed by atoms with Crippen LogP contribution in [0.3, 0.4) is 0 Å². The molecule has 4 nitrogen and oxygen atoms in total. The average molecular weight is 214 g/mol. The maximum Gasteiger partial charge on any atom is 0.0961 e. The van der Waals surface area contributed by atoms with Gasteiger partial charge in [0.1, 0.15) is 0 Å². The van der Waals surface area contributed by atoms with Gasteiger partial charge in [-0.1, -0.05) is 12.1 Å². The van der Waals surface area contributed by atoms with E-state index in [4.69, 9.17) is 10.8 Å². The highest BCUT2D eigenvalue weighted by Gasteiger charge is 1.99. The van der Waals surface area contributed by atoms with Crippen LogP contribution >= 0.6 is 0 Å². The predicted molar refractivity (Wildman–Crippen MR) is 57.8 cm³/mol. The molecule has 0 aliphatic heterocycles. The molecule has 0 saturated carbocycles. The smallest absolute Gasteiger partial charge is 0.0961 e. The summed E-state index contributed by atoms with van der Waals surface area (Å²) in [6.45, 7) is 0.342. The third-order valence-corrected chi connectivity index (χ3v) is 2.77. The highest BCUT2D eigenvalue weighted by molar-refractivity contribution is 7.82. The van der Waals surface area contributed by atoms with E-state index in [1.54, 1.807) is 12.1 Å². The lowest BCUT2D eigenvalue weighted by molar-refractivity contribution is 0.302. The second-order valence-electron chi connectivity index (χ2n) is 2.85. The Hall–Kier alpha value is -0.910. The molecule has 1 atom stereocenters. The molecule has 0 fully saturated rings. The van der Waals surface area contributed by atoms with E-state index in [0.717, 1.165) is 5.56 Å². The van der Waals surface area contributed by atoms with Gasteiger partial charge in [0.2, 0.25) is 0 Å². The first-order valence-electron chi connectivity index (χ1n) is 4.29. The number of aliphatic hydroxyl groups excluding tert-OH is 1. The monoisotopic (exact) mass is 214 g/mol. The summed E-state index contributed by atoms with van der Waals surface area (Å²) in [6.07, 6.45) is 0. The summed E-state index contributed by atoms with van der Waals surface area (Å²) in [6, 6.07) is 7.23. The number of nitrogens with two attached hydrogens (primary N) is 1. The molecule has 0 spiro atoms. The van der Waals surface area contributed by atoms with Crippen LogP contribution < -0.4 is 10.5 Å². The van der Waals surface area contributed by atoms with Gasteiger partial charge in [-0.25, -0.2) is 8.93 Å². The van der Waals surface area contributed by atoms with Crippen molar-refractivity contribution in [1.82, 2.24) is 4.72 Å². The number of hydrogen-bond donors (Lipinski definition) is 3. The lowest BCUT2D eigenvalue weighted by Gasteiger charge is -2.03. The van der Waals surface area contributed by atoms with Gasteiger partial charge in [0.15, 0.2) is 0 Å². The third kappa shape index (κ3) is 3.87. The molecule has 78 valence electrons. The summed E-state index contributed by atoms with van der Waals surface area (Å²) in [5, 5.41) is 8.50. The first kappa shape index (κ1) is 11.2. The SMILES string of the molecule is Nc1ccc(CS(=O)NCCO)cc1. The standard InChI is InChI=1S/C9H14N2O2S/c10-9-3-1-8(2-4-9)7-14(13)11-5-6-12/h1-4,11-12H,5-7,10H2. The molecule has 0 radical (unpaired) electrons. The number of rotatable bonds is 5. The van der Waals surface area contributed by atoms with Crippen LogP contribution in [0.1, 0.15) is 5.56 Å². The van der Waals surface area contributed by atoms with Gasteiger partial charge in [-0.05, 0) is 17.7 Å². The van der Waals surface area contributed by atoms with Crippen molar-refractivity contribution in [3.63, 3.8) is 0 Å². The van der Waals surface area contributed by atoms with E-state index in [1.807, 2.05) is 12.1 Å². The van der Waals surface area contributed by atoms with Crippen molar-refractivity contribution >= 4 is 16.7 Å². The minimum Gasteiger partial charge on any atom is -0.399 e. The van der Waals surface area contributed by atoms with Crippen LogP contribution in [0.25, 0.3) is 0 Å². The van der Waals surface area contributed by atoms with Crippen LogP contribution in [-0.4, -0.2) is 22.5 Å². The van der Waals surface area contributed by atoms with Gasteiger partial charge in [0.05, 0.1) is 23.3 Å². The highest BCUT2D eigenvalue weighted by Crippen LogP contribution is 2.06. The molecule has 1 aromatic rings. The van der Waals surface area contributed by atoms with Gasteiger partial charge in [0.25, 0.3) is 0 Å². The molecule has 0 saturated heterocycles. The van der Waals surface area contributed by atoms with E-state index >= 15 is 0 Å². The summed E-state index contributed by atoms with van der Waals surface area (Å²) in [4.78, 5) is 0. The van der Waals surface area contributed by atoms with Crippen molar-refractivity contribution in [3.8, 4) is 0 Å². The Kier molecular flexibility index (Phi) is 4.58. The van der Waals surface area contributed by atoms with Crippen LogP contribution in [0.15, 0.2) is 24.3 Å². The summed E-state index contributed by atoms with van der Waals surface area (Å²) in [7, 11) is -1.13. The van der Waals surface area contributed by atoms with Gasteiger partial charge in [-0.15, -0.1) is 0 Å². The number of nitrogen functional groups attached to an aromatic ring is 1. The van der Waals surface area contributed by atoms with Crippen LogP contribution in [0.4, 0.5) is 5.69 Å². The van der Waals surface area contributed by atoms with E-state index in [-0.39, 0.29) is 6.61 Å². The zero-order chi connectivity index (χ0) is 10.4. The van der Waals surface area contributed by atoms with Gasteiger partial charge in [0, 0.05) is 12.2 Å². The molecular formula is C9H14N2O2S. The van der Waals surface area contributed by atoms with Gasteiger partial charge < -0.3 is 10.8 Å². The molecule has 0 aliphatic carbocycles. The first-order chi connectivity index (χ1) is 6.72. The molecule has 1 unspecified atom stereocenters. The Balaban J connectivity index is 2.44. The lowest BCUT2D eigenvalue weighted by Crippen LogP contribution is -2.22. The number of hydrogen-bond acceptors (Lipinski definition) is 3. The molecule has 0 aromatic heterocycles. The third-order valence-electron chi connectivity index (χ3n) is 1.65.